The smallest absolute Gasteiger partial charge is 0.308 e. The lowest BCUT2D eigenvalue weighted by atomic mass is 10.0. The molecule has 158 valence electrons. The number of esters is 1. The number of aliphatic carboxylic acids is 1. The highest BCUT2D eigenvalue weighted by Gasteiger charge is 2.40. The third kappa shape index (κ3) is 6.15. The van der Waals surface area contributed by atoms with E-state index in [-0.39, 0.29) is 17.9 Å². The molecule has 0 aromatic heterocycles. The molecule has 0 heterocycles. The van der Waals surface area contributed by atoms with Crippen molar-refractivity contribution in [1.29, 1.82) is 0 Å². The average Bonchev–Trinajstić information content (AvgIpc) is 2.59. The van der Waals surface area contributed by atoms with Gasteiger partial charge in [0.15, 0.2) is 8.32 Å². The molecular weight excluding hydrogens is 384 g/mol. The number of benzene rings is 2. The zero-order valence-electron chi connectivity index (χ0n) is 18.2. The van der Waals surface area contributed by atoms with E-state index in [1.165, 1.54) is 0 Å². The Morgan fingerprint density at radius 1 is 1.03 bits per heavy atom. The summed E-state index contributed by atoms with van der Waals surface area (Å²) in [6.07, 6.45) is -1.43. The molecule has 5 nitrogen and oxygen atoms in total. The Morgan fingerprint density at radius 2 is 1.66 bits per heavy atom. The second kappa shape index (κ2) is 9.09. The van der Waals surface area contributed by atoms with Crippen molar-refractivity contribution in [3.8, 4) is 0 Å². The van der Waals surface area contributed by atoms with E-state index in [2.05, 4.69) is 20.8 Å². The van der Waals surface area contributed by atoms with Crippen LogP contribution in [0.3, 0.4) is 0 Å². The summed E-state index contributed by atoms with van der Waals surface area (Å²) in [6.45, 7) is 12.2. The Morgan fingerprint density at radius 3 is 2.28 bits per heavy atom. The van der Waals surface area contributed by atoms with Gasteiger partial charge < -0.3 is 14.3 Å². The molecule has 0 aliphatic heterocycles. The zero-order valence-corrected chi connectivity index (χ0v) is 19.2. The van der Waals surface area contributed by atoms with Crippen molar-refractivity contribution in [2.45, 2.75) is 70.9 Å². The minimum absolute atomic E-state index is 0.0755. The summed E-state index contributed by atoms with van der Waals surface area (Å²) in [5, 5.41) is 11.3. The number of hydrogen-bond donors (Lipinski definition) is 1. The number of carboxylic acid groups (broad SMARTS) is 1. The van der Waals surface area contributed by atoms with Gasteiger partial charge in [-0.05, 0) is 41.4 Å². The first-order valence-electron chi connectivity index (χ1n) is 9.97. The van der Waals surface area contributed by atoms with Gasteiger partial charge in [0.1, 0.15) is 6.10 Å². The van der Waals surface area contributed by atoms with Crippen molar-refractivity contribution in [2.24, 2.45) is 0 Å². The van der Waals surface area contributed by atoms with Gasteiger partial charge in [0.2, 0.25) is 0 Å². The molecule has 0 aliphatic rings. The summed E-state index contributed by atoms with van der Waals surface area (Å²) in [5.41, 5.74) is 0.927. The van der Waals surface area contributed by atoms with E-state index in [9.17, 15) is 14.7 Å². The van der Waals surface area contributed by atoms with E-state index in [1.54, 1.807) is 0 Å². The number of fused-ring (bicyclic) bond motifs is 1. The summed E-state index contributed by atoms with van der Waals surface area (Å²) in [6, 6.07) is 13.8. The lowest BCUT2D eigenvalue weighted by molar-refractivity contribution is -0.151. The van der Waals surface area contributed by atoms with Crippen LogP contribution in [-0.4, -0.2) is 31.5 Å². The predicted molar refractivity (Wildman–Crippen MR) is 117 cm³/mol. The normalized spacial score (nSPS) is 14.4. The summed E-state index contributed by atoms with van der Waals surface area (Å²) in [7, 11) is -2.21. The van der Waals surface area contributed by atoms with Crippen LogP contribution in [0.5, 0.6) is 0 Å². The van der Waals surface area contributed by atoms with Crippen LogP contribution in [0.1, 0.15) is 52.2 Å². The Balaban J connectivity index is 2.12. The molecule has 0 bridgehead atoms. The second-order valence-electron chi connectivity index (χ2n) is 9.00. The molecule has 2 rings (SSSR count). The van der Waals surface area contributed by atoms with Crippen LogP contribution < -0.4 is 0 Å². The van der Waals surface area contributed by atoms with Crippen LogP contribution >= 0.6 is 0 Å². The first-order valence-corrected chi connectivity index (χ1v) is 12.9. The number of ether oxygens (including phenoxy) is 1. The van der Waals surface area contributed by atoms with Crippen molar-refractivity contribution >= 4 is 31.0 Å². The van der Waals surface area contributed by atoms with Crippen LogP contribution in [0, 0.1) is 0 Å². The standard InChI is InChI=1S/C23H32O5Si/c1-16(19-13-9-11-17-10-7-8-12-20(17)19)27-22(26)15-18(14-21(24)25)28-29(5,6)23(2,3)4/h7-13,16,18H,14-15H2,1-6H3,(H,24,25)/t16-,18-/m1/s1. The van der Waals surface area contributed by atoms with E-state index in [4.69, 9.17) is 9.16 Å². The van der Waals surface area contributed by atoms with Crippen molar-refractivity contribution in [3.63, 3.8) is 0 Å². The fourth-order valence-corrected chi connectivity index (χ4v) is 4.40. The molecule has 2 atom stereocenters. The van der Waals surface area contributed by atoms with Gasteiger partial charge in [-0.3, -0.25) is 9.59 Å². The molecular formula is C23H32O5Si. The predicted octanol–water partition coefficient (Wildman–Crippen LogP) is 5.70. The summed E-state index contributed by atoms with van der Waals surface area (Å²) >= 11 is 0. The number of rotatable bonds is 8. The highest BCUT2D eigenvalue weighted by molar-refractivity contribution is 6.74. The Labute approximate surface area is 174 Å². The minimum atomic E-state index is -2.21. The van der Waals surface area contributed by atoms with Gasteiger partial charge in [0.25, 0.3) is 0 Å². The van der Waals surface area contributed by atoms with Crippen LogP contribution in [0.2, 0.25) is 18.1 Å². The molecule has 0 unspecified atom stereocenters. The van der Waals surface area contributed by atoms with Crippen LogP contribution in [-0.2, 0) is 18.8 Å². The maximum Gasteiger partial charge on any atom is 0.308 e. The highest BCUT2D eigenvalue weighted by Crippen LogP contribution is 2.38. The zero-order chi connectivity index (χ0) is 21.8. The average molecular weight is 417 g/mol. The van der Waals surface area contributed by atoms with Gasteiger partial charge in [0.05, 0.1) is 18.9 Å². The largest absolute Gasteiger partial charge is 0.481 e. The third-order valence-electron chi connectivity index (χ3n) is 5.63. The van der Waals surface area contributed by atoms with Crippen molar-refractivity contribution in [3.05, 3.63) is 48.0 Å². The summed E-state index contributed by atoms with van der Waals surface area (Å²) in [4.78, 5) is 23.9. The molecule has 2 aromatic rings. The van der Waals surface area contributed by atoms with E-state index in [0.29, 0.717) is 0 Å². The van der Waals surface area contributed by atoms with E-state index >= 15 is 0 Å². The van der Waals surface area contributed by atoms with Gasteiger partial charge in [-0.15, -0.1) is 0 Å². The van der Waals surface area contributed by atoms with Crippen molar-refractivity contribution in [1.82, 2.24) is 0 Å². The number of carbonyl (C=O) groups is 2. The van der Waals surface area contributed by atoms with Gasteiger partial charge in [0, 0.05) is 0 Å². The van der Waals surface area contributed by atoms with E-state index in [1.807, 2.05) is 62.5 Å². The third-order valence-corrected chi connectivity index (χ3v) is 10.2. The SMILES string of the molecule is C[C@@H](OC(=O)C[C@@H](CC(=O)O)O[Si](C)(C)C(C)(C)C)c1cccc2ccccc12. The number of carboxylic acids is 1. The molecule has 0 radical (unpaired) electrons. The number of hydrogen-bond acceptors (Lipinski definition) is 4. The Hall–Kier alpha value is -2.18. The molecule has 0 saturated heterocycles. The quantitative estimate of drug-likeness (QED) is 0.441. The Bertz CT molecular complexity index is 864. The minimum Gasteiger partial charge on any atom is -0.481 e. The molecule has 29 heavy (non-hydrogen) atoms. The van der Waals surface area contributed by atoms with Crippen molar-refractivity contribution < 1.29 is 23.9 Å². The van der Waals surface area contributed by atoms with E-state index < -0.39 is 32.5 Å². The van der Waals surface area contributed by atoms with Gasteiger partial charge in [-0.1, -0.05) is 63.2 Å². The lowest BCUT2D eigenvalue weighted by Crippen LogP contribution is -2.45. The van der Waals surface area contributed by atoms with Gasteiger partial charge >= 0.3 is 11.9 Å². The molecule has 0 amide bonds. The Kier molecular flexibility index (Phi) is 7.24. The summed E-state index contributed by atoms with van der Waals surface area (Å²) in [5.74, 6) is -1.43. The van der Waals surface area contributed by atoms with Crippen LogP contribution in [0.15, 0.2) is 42.5 Å². The molecule has 2 aromatic carbocycles. The molecule has 0 saturated carbocycles. The maximum absolute atomic E-state index is 12.6. The van der Waals surface area contributed by atoms with Gasteiger partial charge in [-0.25, -0.2) is 0 Å². The summed E-state index contributed by atoms with van der Waals surface area (Å²) < 4.78 is 11.9. The van der Waals surface area contributed by atoms with Gasteiger partial charge in [-0.2, -0.15) is 0 Å². The fourth-order valence-electron chi connectivity index (χ4n) is 3.04. The maximum atomic E-state index is 12.6. The molecule has 0 fully saturated rings. The molecule has 0 spiro atoms. The van der Waals surface area contributed by atoms with Crippen LogP contribution in [0.25, 0.3) is 10.8 Å². The lowest BCUT2D eigenvalue weighted by Gasteiger charge is -2.38. The first-order chi connectivity index (χ1) is 13.4. The monoisotopic (exact) mass is 416 g/mol. The van der Waals surface area contributed by atoms with Crippen molar-refractivity contribution in [2.75, 3.05) is 0 Å². The van der Waals surface area contributed by atoms with E-state index in [0.717, 1.165) is 16.3 Å². The number of carbonyl (C=O) groups excluding carboxylic acids is 1. The second-order valence-corrected chi connectivity index (χ2v) is 13.8. The van der Waals surface area contributed by atoms with Crippen LogP contribution in [0.4, 0.5) is 0 Å². The topological polar surface area (TPSA) is 72.8 Å². The molecule has 6 heteroatoms. The first kappa shape index (κ1) is 23.1. The highest BCUT2D eigenvalue weighted by atomic mass is 28.4. The fraction of sp³-hybridized carbons (Fsp3) is 0.478. The molecule has 1 N–H and O–H groups in total. The molecule has 0 aliphatic carbocycles.